The van der Waals surface area contributed by atoms with Crippen LogP contribution < -0.4 is 5.32 Å². The monoisotopic (exact) mass is 370 g/mol. The largest absolute Gasteiger partial charge is 0.377 e. The molecular weight excluding hydrogens is 356 g/mol. The van der Waals surface area contributed by atoms with Gasteiger partial charge in [-0.15, -0.1) is 0 Å². The number of hydrogen-bond acceptors (Lipinski definition) is 3. The highest BCUT2D eigenvalue weighted by Gasteiger charge is 2.39. The number of halogens is 1. The third-order valence-electron chi connectivity index (χ3n) is 4.78. The van der Waals surface area contributed by atoms with Crippen molar-refractivity contribution in [3.8, 4) is 0 Å². The van der Waals surface area contributed by atoms with Gasteiger partial charge in [0.15, 0.2) is 0 Å². The Balaban J connectivity index is 1.84. The number of fused-ring (bicyclic) bond motifs is 3. The molecule has 2 aromatic carbocycles. The molecule has 1 heterocycles. The van der Waals surface area contributed by atoms with Gasteiger partial charge in [0.2, 0.25) is 0 Å². The summed E-state index contributed by atoms with van der Waals surface area (Å²) < 4.78 is 0.751. The van der Waals surface area contributed by atoms with Gasteiger partial charge in [0.05, 0.1) is 16.7 Å². The van der Waals surface area contributed by atoms with E-state index in [0.29, 0.717) is 5.92 Å². The summed E-state index contributed by atoms with van der Waals surface area (Å²) in [4.78, 5) is 10.8. The molecule has 3 atom stereocenters. The maximum atomic E-state index is 11.2. The molecule has 116 valence electrons. The van der Waals surface area contributed by atoms with E-state index in [1.165, 1.54) is 5.56 Å². The Kier molecular flexibility index (Phi) is 3.45. The van der Waals surface area contributed by atoms with Crippen molar-refractivity contribution in [1.29, 1.82) is 0 Å². The third kappa shape index (κ3) is 2.36. The zero-order chi connectivity index (χ0) is 16.0. The highest BCUT2D eigenvalue weighted by Crippen LogP contribution is 2.52. The van der Waals surface area contributed by atoms with Crippen molar-refractivity contribution < 1.29 is 4.92 Å². The average Bonchev–Trinajstić information content (AvgIpc) is 3.04. The van der Waals surface area contributed by atoms with E-state index in [2.05, 4.69) is 57.7 Å². The van der Waals surface area contributed by atoms with Crippen molar-refractivity contribution >= 4 is 27.3 Å². The molecule has 0 bridgehead atoms. The Morgan fingerprint density at radius 2 is 2.00 bits per heavy atom. The van der Waals surface area contributed by atoms with Crippen LogP contribution in [0.25, 0.3) is 0 Å². The zero-order valence-corrected chi connectivity index (χ0v) is 13.9. The van der Waals surface area contributed by atoms with Gasteiger partial charge in [0.25, 0.3) is 5.69 Å². The van der Waals surface area contributed by atoms with Crippen LogP contribution in [0.15, 0.2) is 59.1 Å². The van der Waals surface area contributed by atoms with E-state index >= 15 is 0 Å². The van der Waals surface area contributed by atoms with E-state index in [9.17, 15) is 10.1 Å². The number of nitrogens with one attached hydrogen (secondary N) is 1. The molecule has 2 aromatic rings. The number of non-ortho nitro benzene ring substituents is 1. The Labute approximate surface area is 142 Å². The van der Waals surface area contributed by atoms with Gasteiger partial charge in [-0.2, -0.15) is 0 Å². The SMILES string of the molecule is O=[N+]([O-])c1cc(Br)c2c(c1)[C@H]1C=CC[C@@H]1[C@H](c1ccccc1)N2. The molecule has 0 fully saturated rings. The number of nitro groups is 1. The van der Waals surface area contributed by atoms with Crippen LogP contribution in [-0.4, -0.2) is 4.92 Å². The minimum atomic E-state index is -0.331. The predicted molar refractivity (Wildman–Crippen MR) is 93.6 cm³/mol. The summed E-state index contributed by atoms with van der Waals surface area (Å²) in [6.45, 7) is 0. The second kappa shape index (κ2) is 5.49. The Hall–Kier alpha value is -2.14. The van der Waals surface area contributed by atoms with Crippen LogP contribution >= 0.6 is 15.9 Å². The van der Waals surface area contributed by atoms with Crippen molar-refractivity contribution in [2.24, 2.45) is 5.92 Å². The normalized spacial score (nSPS) is 24.7. The Morgan fingerprint density at radius 1 is 1.22 bits per heavy atom. The summed E-state index contributed by atoms with van der Waals surface area (Å²) in [6, 6.07) is 13.9. The smallest absolute Gasteiger partial charge is 0.271 e. The fraction of sp³-hybridized carbons (Fsp3) is 0.222. The first kappa shape index (κ1) is 14.5. The number of nitrogens with zero attached hydrogens (tertiary/aromatic N) is 1. The molecule has 0 spiro atoms. The van der Waals surface area contributed by atoms with Gasteiger partial charge in [0.1, 0.15) is 0 Å². The van der Waals surface area contributed by atoms with Gasteiger partial charge >= 0.3 is 0 Å². The molecule has 23 heavy (non-hydrogen) atoms. The highest BCUT2D eigenvalue weighted by molar-refractivity contribution is 9.10. The topological polar surface area (TPSA) is 55.2 Å². The molecule has 5 heteroatoms. The van der Waals surface area contributed by atoms with Crippen molar-refractivity contribution in [3.63, 3.8) is 0 Å². The van der Waals surface area contributed by atoms with Crippen LogP contribution in [0.5, 0.6) is 0 Å². The van der Waals surface area contributed by atoms with Crippen molar-refractivity contribution in [2.75, 3.05) is 5.32 Å². The molecular formula is C18H15BrN2O2. The fourth-order valence-corrected chi connectivity index (χ4v) is 4.31. The van der Waals surface area contributed by atoms with Crippen LogP contribution in [0.2, 0.25) is 0 Å². The lowest BCUT2D eigenvalue weighted by Gasteiger charge is -2.37. The van der Waals surface area contributed by atoms with Gasteiger partial charge in [-0.05, 0) is 39.4 Å². The number of anilines is 1. The number of hydrogen-bond donors (Lipinski definition) is 1. The lowest BCUT2D eigenvalue weighted by atomic mass is 9.77. The highest BCUT2D eigenvalue weighted by atomic mass is 79.9. The van der Waals surface area contributed by atoms with E-state index in [1.54, 1.807) is 12.1 Å². The zero-order valence-electron chi connectivity index (χ0n) is 12.3. The maximum Gasteiger partial charge on any atom is 0.271 e. The van der Waals surface area contributed by atoms with Crippen LogP contribution in [-0.2, 0) is 0 Å². The first-order chi connectivity index (χ1) is 11.1. The number of allylic oxidation sites excluding steroid dienone is 2. The van der Waals surface area contributed by atoms with Crippen LogP contribution in [0.4, 0.5) is 11.4 Å². The quantitative estimate of drug-likeness (QED) is 0.449. The third-order valence-corrected chi connectivity index (χ3v) is 5.40. The van der Waals surface area contributed by atoms with Crippen molar-refractivity contribution in [1.82, 2.24) is 0 Å². The molecule has 0 radical (unpaired) electrons. The van der Waals surface area contributed by atoms with Gasteiger partial charge in [0, 0.05) is 22.5 Å². The van der Waals surface area contributed by atoms with Crippen molar-refractivity contribution in [2.45, 2.75) is 18.4 Å². The molecule has 0 saturated heterocycles. The molecule has 0 unspecified atom stereocenters. The lowest BCUT2D eigenvalue weighted by Crippen LogP contribution is -2.29. The second-order valence-electron chi connectivity index (χ2n) is 6.04. The van der Waals surface area contributed by atoms with Crippen LogP contribution in [0.3, 0.4) is 0 Å². The molecule has 1 N–H and O–H groups in total. The van der Waals surface area contributed by atoms with Gasteiger partial charge < -0.3 is 5.32 Å². The summed E-state index contributed by atoms with van der Waals surface area (Å²) in [5.41, 5.74) is 3.37. The van der Waals surface area contributed by atoms with Gasteiger partial charge in [-0.25, -0.2) is 0 Å². The lowest BCUT2D eigenvalue weighted by molar-refractivity contribution is -0.385. The summed E-state index contributed by atoms with van der Waals surface area (Å²) in [5.74, 6) is 0.603. The minimum absolute atomic E-state index is 0.134. The molecule has 4 nitrogen and oxygen atoms in total. The molecule has 1 aliphatic carbocycles. The molecule has 4 rings (SSSR count). The van der Waals surface area contributed by atoms with Crippen LogP contribution in [0.1, 0.15) is 29.5 Å². The first-order valence-corrected chi connectivity index (χ1v) is 8.40. The Bertz CT molecular complexity index is 804. The standard InChI is InChI=1S/C18H15BrN2O2/c19-16-10-12(21(22)23)9-15-13-7-4-8-14(13)17(20-18(15)16)11-5-2-1-3-6-11/h1-7,9-10,13-14,17,20H,8H2/t13-,14-,17-/m0/s1. The van der Waals surface area contributed by atoms with Gasteiger partial charge in [-0.1, -0.05) is 42.5 Å². The van der Waals surface area contributed by atoms with Crippen molar-refractivity contribution in [3.05, 3.63) is 80.3 Å². The van der Waals surface area contributed by atoms with E-state index < -0.39 is 0 Å². The molecule has 0 amide bonds. The van der Waals surface area contributed by atoms with Gasteiger partial charge in [-0.3, -0.25) is 10.1 Å². The molecule has 2 aliphatic rings. The average molecular weight is 371 g/mol. The number of nitro benzene ring substituents is 1. The molecule has 0 aromatic heterocycles. The maximum absolute atomic E-state index is 11.2. The first-order valence-electron chi connectivity index (χ1n) is 7.61. The number of rotatable bonds is 2. The van der Waals surface area contributed by atoms with E-state index in [-0.39, 0.29) is 22.6 Å². The van der Waals surface area contributed by atoms with E-state index in [4.69, 9.17) is 0 Å². The summed E-state index contributed by atoms with van der Waals surface area (Å²) in [7, 11) is 0. The van der Waals surface area contributed by atoms with E-state index in [0.717, 1.165) is 22.1 Å². The minimum Gasteiger partial charge on any atom is -0.377 e. The molecule has 1 aliphatic heterocycles. The second-order valence-corrected chi connectivity index (χ2v) is 6.89. The fourth-order valence-electron chi connectivity index (χ4n) is 3.74. The molecule has 0 saturated carbocycles. The summed E-state index contributed by atoms with van der Waals surface area (Å²) in [5, 5.41) is 14.8. The Morgan fingerprint density at radius 3 is 2.74 bits per heavy atom. The van der Waals surface area contributed by atoms with E-state index in [1.807, 2.05) is 6.07 Å². The van der Waals surface area contributed by atoms with Crippen LogP contribution in [0, 0.1) is 16.0 Å². The number of benzene rings is 2. The summed E-state index contributed by atoms with van der Waals surface area (Å²) in [6.07, 6.45) is 5.36. The predicted octanol–water partition coefficient (Wildman–Crippen LogP) is 5.18. The summed E-state index contributed by atoms with van der Waals surface area (Å²) >= 11 is 3.51.